The number of benzene rings is 1. The first kappa shape index (κ1) is 25.6. The average Bonchev–Trinajstić information content (AvgIpc) is 2.87. The van der Waals surface area contributed by atoms with Gasteiger partial charge >= 0.3 is 5.97 Å². The SMILES string of the molecule is COc1ccnc(C(=O)C[C@@H](C)C(=O)O[C@@H](C)[C@H](Oc2ccccc2)C23CC4CC(CC(C4)C2)C3)c1O. The summed E-state index contributed by atoms with van der Waals surface area (Å²) in [5.74, 6) is 1.24. The summed E-state index contributed by atoms with van der Waals surface area (Å²) in [4.78, 5) is 30.0. The number of pyridine rings is 1. The average molecular weight is 508 g/mol. The van der Waals surface area contributed by atoms with E-state index in [0.717, 1.165) is 42.8 Å². The Labute approximate surface area is 218 Å². The largest absolute Gasteiger partial charge is 0.503 e. The molecule has 4 aliphatic carbocycles. The van der Waals surface area contributed by atoms with Crippen LogP contribution in [0.1, 0.15) is 69.3 Å². The van der Waals surface area contributed by atoms with Gasteiger partial charge in [0.15, 0.2) is 23.0 Å². The summed E-state index contributed by atoms with van der Waals surface area (Å²) in [7, 11) is 1.41. The lowest BCUT2D eigenvalue weighted by Gasteiger charge is -2.59. The van der Waals surface area contributed by atoms with Gasteiger partial charge in [0.1, 0.15) is 18.0 Å². The Morgan fingerprint density at radius 2 is 1.65 bits per heavy atom. The number of methoxy groups -OCH3 is 1. The van der Waals surface area contributed by atoms with Gasteiger partial charge in [0, 0.05) is 24.1 Å². The molecule has 4 bridgehead atoms. The van der Waals surface area contributed by atoms with E-state index in [-0.39, 0.29) is 35.1 Å². The first-order valence-corrected chi connectivity index (χ1v) is 13.5. The third kappa shape index (κ3) is 5.18. The van der Waals surface area contributed by atoms with Crippen LogP contribution >= 0.6 is 0 Å². The van der Waals surface area contributed by atoms with Crippen LogP contribution in [0.4, 0.5) is 0 Å². The maximum Gasteiger partial charge on any atom is 0.309 e. The number of para-hydroxylation sites is 1. The first-order valence-electron chi connectivity index (χ1n) is 13.5. The first-order chi connectivity index (χ1) is 17.8. The second kappa shape index (κ2) is 10.3. The van der Waals surface area contributed by atoms with Gasteiger partial charge in [-0.05, 0) is 75.3 Å². The van der Waals surface area contributed by atoms with E-state index < -0.39 is 23.8 Å². The minimum Gasteiger partial charge on any atom is -0.503 e. The van der Waals surface area contributed by atoms with Crippen molar-refractivity contribution >= 4 is 11.8 Å². The standard InChI is InChI=1S/C30H37NO6/c1-18(11-24(32)26-27(33)25(35-3)9-10-31-26)29(34)36-19(2)28(37-23-7-5-4-6-8-23)30-15-20-12-21(16-30)14-22(13-20)17-30/h4-10,18-22,28,33H,11-17H2,1-3H3/t18-,19+,20?,21?,22?,28+,30?/m1/s1. The molecule has 7 nitrogen and oxygen atoms in total. The summed E-state index contributed by atoms with van der Waals surface area (Å²) in [6.45, 7) is 3.59. The van der Waals surface area contributed by atoms with Crippen LogP contribution in [0.5, 0.6) is 17.2 Å². The Morgan fingerprint density at radius 1 is 1.03 bits per heavy atom. The summed E-state index contributed by atoms with van der Waals surface area (Å²) >= 11 is 0. The molecule has 1 aromatic heterocycles. The number of ether oxygens (including phenoxy) is 3. The highest BCUT2D eigenvalue weighted by molar-refractivity contribution is 5.99. The van der Waals surface area contributed by atoms with Gasteiger partial charge in [0.25, 0.3) is 0 Å². The van der Waals surface area contributed by atoms with Crippen LogP contribution in [0.15, 0.2) is 42.6 Å². The van der Waals surface area contributed by atoms with E-state index in [1.165, 1.54) is 38.6 Å². The van der Waals surface area contributed by atoms with Crippen molar-refractivity contribution in [3.8, 4) is 17.2 Å². The number of hydrogen-bond acceptors (Lipinski definition) is 7. The summed E-state index contributed by atoms with van der Waals surface area (Å²) in [6.07, 6.45) is 7.85. The second-order valence-electron chi connectivity index (χ2n) is 11.5. The summed E-state index contributed by atoms with van der Waals surface area (Å²) in [6, 6.07) is 11.3. The molecule has 0 spiro atoms. The Hall–Kier alpha value is -3.09. The van der Waals surface area contributed by atoms with Crippen LogP contribution in [-0.4, -0.2) is 41.2 Å². The number of esters is 1. The van der Waals surface area contributed by atoms with Crippen molar-refractivity contribution in [1.82, 2.24) is 4.98 Å². The molecule has 1 aromatic carbocycles. The number of ketones is 1. The molecule has 6 rings (SSSR count). The zero-order valence-corrected chi connectivity index (χ0v) is 21.9. The van der Waals surface area contributed by atoms with Crippen molar-refractivity contribution in [2.75, 3.05) is 7.11 Å². The highest BCUT2D eigenvalue weighted by atomic mass is 16.6. The molecule has 3 atom stereocenters. The molecule has 0 radical (unpaired) electrons. The van der Waals surface area contributed by atoms with Gasteiger partial charge in [-0.1, -0.05) is 25.1 Å². The number of aromatic nitrogens is 1. The lowest BCUT2D eigenvalue weighted by molar-refractivity contribution is -0.175. The van der Waals surface area contributed by atoms with Gasteiger partial charge in [-0.3, -0.25) is 9.59 Å². The molecule has 1 heterocycles. The topological polar surface area (TPSA) is 95.0 Å². The van der Waals surface area contributed by atoms with Crippen molar-refractivity contribution < 1.29 is 28.9 Å². The van der Waals surface area contributed by atoms with E-state index in [1.54, 1.807) is 6.92 Å². The van der Waals surface area contributed by atoms with E-state index in [0.29, 0.717) is 0 Å². The van der Waals surface area contributed by atoms with Crippen LogP contribution in [0, 0.1) is 29.1 Å². The maximum atomic E-state index is 13.2. The molecule has 198 valence electrons. The molecule has 0 aliphatic heterocycles. The smallest absolute Gasteiger partial charge is 0.309 e. The lowest BCUT2D eigenvalue weighted by atomic mass is 9.47. The monoisotopic (exact) mass is 507 g/mol. The van der Waals surface area contributed by atoms with E-state index in [4.69, 9.17) is 14.2 Å². The Morgan fingerprint density at radius 3 is 2.24 bits per heavy atom. The quantitative estimate of drug-likeness (QED) is 0.330. The van der Waals surface area contributed by atoms with E-state index >= 15 is 0 Å². The molecule has 1 N–H and O–H groups in total. The summed E-state index contributed by atoms with van der Waals surface area (Å²) in [5.41, 5.74) is -0.106. The van der Waals surface area contributed by atoms with Gasteiger partial charge < -0.3 is 19.3 Å². The zero-order chi connectivity index (χ0) is 26.2. The number of aromatic hydroxyl groups is 1. The molecule has 7 heteroatoms. The molecular formula is C30H37NO6. The number of nitrogens with zero attached hydrogens (tertiary/aromatic N) is 1. The molecule has 0 saturated heterocycles. The predicted octanol–water partition coefficient (Wildman–Crippen LogP) is 5.60. The number of rotatable bonds is 10. The van der Waals surface area contributed by atoms with Gasteiger partial charge in [-0.2, -0.15) is 0 Å². The molecule has 37 heavy (non-hydrogen) atoms. The fourth-order valence-corrected chi connectivity index (χ4v) is 7.51. The van der Waals surface area contributed by atoms with Crippen molar-refractivity contribution in [3.05, 3.63) is 48.3 Å². The van der Waals surface area contributed by atoms with E-state index in [9.17, 15) is 14.7 Å². The third-order valence-electron chi connectivity index (χ3n) is 8.69. The molecule has 4 fully saturated rings. The third-order valence-corrected chi connectivity index (χ3v) is 8.69. The van der Waals surface area contributed by atoms with Gasteiger partial charge in [0.2, 0.25) is 0 Å². The van der Waals surface area contributed by atoms with Gasteiger partial charge in [0.05, 0.1) is 13.0 Å². The van der Waals surface area contributed by atoms with Crippen LogP contribution < -0.4 is 9.47 Å². The minimum atomic E-state index is -0.698. The molecule has 4 aliphatic rings. The fraction of sp³-hybridized carbons (Fsp3) is 0.567. The Kier molecular flexibility index (Phi) is 7.15. The zero-order valence-electron chi connectivity index (χ0n) is 21.9. The van der Waals surface area contributed by atoms with Crippen LogP contribution in [0.3, 0.4) is 0 Å². The van der Waals surface area contributed by atoms with Crippen molar-refractivity contribution in [3.63, 3.8) is 0 Å². The molecule has 2 aromatic rings. The number of Topliss-reactive ketones (excluding diaryl/α,β-unsaturated/α-hetero) is 1. The second-order valence-corrected chi connectivity index (χ2v) is 11.5. The van der Waals surface area contributed by atoms with Crippen LogP contribution in [0.2, 0.25) is 0 Å². The van der Waals surface area contributed by atoms with Crippen LogP contribution in [-0.2, 0) is 9.53 Å². The van der Waals surface area contributed by atoms with E-state index in [1.807, 2.05) is 37.3 Å². The Balaban J connectivity index is 1.30. The molecule has 4 saturated carbocycles. The minimum absolute atomic E-state index is 0.000350. The highest BCUT2D eigenvalue weighted by Crippen LogP contribution is 2.62. The Bertz CT molecular complexity index is 1100. The number of carbonyl (C=O) groups excluding carboxylic acids is 2. The fourth-order valence-electron chi connectivity index (χ4n) is 7.51. The maximum absolute atomic E-state index is 13.2. The van der Waals surface area contributed by atoms with Crippen molar-refractivity contribution in [2.45, 2.75) is 71.0 Å². The van der Waals surface area contributed by atoms with Crippen LogP contribution in [0.25, 0.3) is 0 Å². The van der Waals surface area contributed by atoms with Crippen molar-refractivity contribution in [2.24, 2.45) is 29.1 Å². The molecular weight excluding hydrogens is 470 g/mol. The molecule has 0 amide bonds. The normalized spacial score (nSPS) is 28.2. The predicted molar refractivity (Wildman–Crippen MR) is 138 cm³/mol. The van der Waals surface area contributed by atoms with E-state index in [2.05, 4.69) is 4.98 Å². The summed E-state index contributed by atoms with van der Waals surface area (Å²) < 4.78 is 17.7. The number of carbonyl (C=O) groups is 2. The van der Waals surface area contributed by atoms with Crippen molar-refractivity contribution in [1.29, 1.82) is 0 Å². The molecule has 0 unspecified atom stereocenters. The summed E-state index contributed by atoms with van der Waals surface area (Å²) in [5, 5.41) is 10.3. The van der Waals surface area contributed by atoms with Gasteiger partial charge in [-0.15, -0.1) is 0 Å². The number of hydrogen-bond donors (Lipinski definition) is 1. The highest BCUT2D eigenvalue weighted by Gasteiger charge is 2.57. The lowest BCUT2D eigenvalue weighted by Crippen LogP contribution is -2.57. The van der Waals surface area contributed by atoms with Gasteiger partial charge in [-0.25, -0.2) is 4.98 Å².